The molecular formula is C6H20N3OPS. The van der Waals surface area contributed by atoms with E-state index in [1.807, 2.05) is 0 Å². The Morgan fingerprint density at radius 3 is 0.750 bits per heavy atom. The lowest BCUT2D eigenvalue weighted by Gasteiger charge is -1.88. The Morgan fingerprint density at radius 2 is 0.750 bits per heavy atom. The van der Waals surface area contributed by atoms with E-state index in [0.717, 1.165) is 0 Å². The average Bonchev–Trinajstić information content (AvgIpc) is 1.96. The molecule has 0 unspecified atom stereocenters. The molecule has 0 aromatic rings. The van der Waals surface area contributed by atoms with Crippen LogP contribution in [0.1, 0.15) is 0 Å². The minimum absolute atomic E-state index is 0. The lowest BCUT2D eigenvalue weighted by atomic mass is 11.3. The summed E-state index contributed by atoms with van der Waals surface area (Å²) in [4.78, 5) is 0. The second-order valence-corrected chi connectivity index (χ2v) is 2.29. The van der Waals surface area contributed by atoms with Gasteiger partial charge in [0.15, 0.2) is 0 Å². The molecule has 0 aliphatic carbocycles. The molecule has 12 heavy (non-hydrogen) atoms. The third-order valence-electron chi connectivity index (χ3n) is 0. The van der Waals surface area contributed by atoms with Crippen molar-refractivity contribution >= 4 is 21.1 Å². The summed E-state index contributed by atoms with van der Waals surface area (Å²) >= 11 is 0. The van der Waals surface area contributed by atoms with Gasteiger partial charge in [0.2, 0.25) is 0 Å². The molecule has 0 aromatic carbocycles. The molecule has 0 bridgehead atoms. The average molecular weight is 213 g/mol. The Morgan fingerprint density at radius 1 is 0.750 bits per heavy atom. The van der Waals surface area contributed by atoms with Crippen molar-refractivity contribution in [2.75, 3.05) is 0 Å². The minimum atomic E-state index is -3.14. The molecule has 4 nitrogen and oxygen atoms in total. The Bertz CT molecular complexity index is 93.9. The summed E-state index contributed by atoms with van der Waals surface area (Å²) in [5, 5.41) is 0. The van der Waals surface area contributed by atoms with Crippen molar-refractivity contribution in [3.05, 3.63) is 39.5 Å². The molecule has 0 rings (SSSR count). The van der Waals surface area contributed by atoms with Gasteiger partial charge in [-0.15, -0.1) is 39.5 Å². The number of hydrogen-bond acceptors (Lipinski definition) is 1. The molecule has 6 heteroatoms. The van der Waals surface area contributed by atoms with Gasteiger partial charge in [-0.05, 0) is 0 Å². The Kier molecular flexibility index (Phi) is 77.2. The summed E-state index contributed by atoms with van der Waals surface area (Å²) in [6, 6.07) is 0. The van der Waals surface area contributed by atoms with Crippen molar-refractivity contribution in [2.24, 2.45) is 16.5 Å². The summed E-state index contributed by atoms with van der Waals surface area (Å²) < 4.78 is 9.55. The van der Waals surface area contributed by atoms with Gasteiger partial charge in [0.25, 0.3) is 7.59 Å². The van der Waals surface area contributed by atoms with Crippen LogP contribution in [0, 0.1) is 0 Å². The van der Waals surface area contributed by atoms with E-state index >= 15 is 0 Å². The normalized spacial score (nSPS) is 5.92. The summed E-state index contributed by atoms with van der Waals surface area (Å²) in [6.45, 7) is 18.0. The van der Waals surface area contributed by atoms with Gasteiger partial charge in [0, 0.05) is 0 Å². The number of hydrogen-bond donors (Lipinski definition) is 3. The molecule has 0 aromatic heterocycles. The molecule has 0 atom stereocenters. The molecule has 0 amide bonds. The lowest BCUT2D eigenvalue weighted by molar-refractivity contribution is 0.577. The first-order valence-electron chi connectivity index (χ1n) is 2.46. The first-order chi connectivity index (χ1) is 5.00. The quantitative estimate of drug-likeness (QED) is 0.419. The predicted octanol–water partition coefficient (Wildman–Crippen LogP) is 1.49. The van der Waals surface area contributed by atoms with Crippen LogP contribution in [0.5, 0.6) is 0 Å². The maximum atomic E-state index is 9.55. The molecule has 0 fully saturated rings. The highest BCUT2D eigenvalue weighted by Crippen LogP contribution is 2.06. The van der Waals surface area contributed by atoms with Crippen LogP contribution < -0.4 is 16.5 Å². The van der Waals surface area contributed by atoms with Crippen LogP contribution in [0.2, 0.25) is 0 Å². The minimum Gasteiger partial charge on any atom is -0.272 e. The number of nitrogens with two attached hydrogens (primary N) is 3. The zero-order valence-corrected chi connectivity index (χ0v) is 9.22. The summed E-state index contributed by atoms with van der Waals surface area (Å²) in [5.74, 6) is 0. The third-order valence-corrected chi connectivity index (χ3v) is 0. The van der Waals surface area contributed by atoms with Crippen LogP contribution in [-0.2, 0) is 4.57 Å². The summed E-state index contributed by atoms with van der Waals surface area (Å²) in [7, 11) is -3.14. The fourth-order valence-electron chi connectivity index (χ4n) is 0. The van der Waals surface area contributed by atoms with Crippen LogP contribution in [0.15, 0.2) is 39.5 Å². The fourth-order valence-corrected chi connectivity index (χ4v) is 0. The van der Waals surface area contributed by atoms with Gasteiger partial charge < -0.3 is 0 Å². The summed E-state index contributed by atoms with van der Waals surface area (Å²) in [6.07, 6.45) is 0. The number of rotatable bonds is 0. The van der Waals surface area contributed by atoms with Crippen molar-refractivity contribution in [3.8, 4) is 0 Å². The van der Waals surface area contributed by atoms with Crippen LogP contribution >= 0.6 is 21.1 Å². The van der Waals surface area contributed by atoms with Crippen LogP contribution in [-0.4, -0.2) is 0 Å². The van der Waals surface area contributed by atoms with E-state index in [0.29, 0.717) is 0 Å². The first-order valence-corrected chi connectivity index (χ1v) is 4.37. The van der Waals surface area contributed by atoms with Gasteiger partial charge in [-0.2, -0.15) is 13.5 Å². The summed E-state index contributed by atoms with van der Waals surface area (Å²) in [5.41, 5.74) is 13.4. The van der Waals surface area contributed by atoms with E-state index in [-0.39, 0.29) is 13.5 Å². The van der Waals surface area contributed by atoms with Crippen LogP contribution in [0.25, 0.3) is 0 Å². The molecule has 0 saturated carbocycles. The second-order valence-electron chi connectivity index (χ2n) is 0.763. The predicted molar refractivity (Wildman–Crippen MR) is 64.3 cm³/mol. The zero-order valence-electron chi connectivity index (χ0n) is 7.33. The monoisotopic (exact) mass is 213 g/mol. The van der Waals surface area contributed by atoms with Crippen LogP contribution in [0.4, 0.5) is 0 Å². The topological polar surface area (TPSA) is 95.1 Å². The second kappa shape index (κ2) is 31.0. The molecule has 0 spiro atoms. The van der Waals surface area contributed by atoms with Crippen molar-refractivity contribution in [2.45, 2.75) is 0 Å². The fraction of sp³-hybridized carbons (Fsp3) is 0. The SMILES string of the molecule is C=C.C=C.C=C.NP(N)(N)=O.S. The van der Waals surface area contributed by atoms with E-state index in [4.69, 9.17) is 0 Å². The Labute approximate surface area is 82.2 Å². The van der Waals surface area contributed by atoms with Gasteiger partial charge in [-0.25, -0.2) is 0 Å². The van der Waals surface area contributed by atoms with E-state index in [1.165, 1.54) is 0 Å². The highest BCUT2D eigenvalue weighted by molar-refractivity contribution is 7.59. The third kappa shape index (κ3) is 7120. The van der Waals surface area contributed by atoms with E-state index in [9.17, 15) is 4.57 Å². The van der Waals surface area contributed by atoms with Crippen molar-refractivity contribution in [1.82, 2.24) is 0 Å². The van der Waals surface area contributed by atoms with Gasteiger partial charge >= 0.3 is 0 Å². The Balaban J connectivity index is -0.0000000203. The standard InChI is InChI=1S/3C2H4.H6N3OP.H2S/c3*1-2;1-5(2,3)4;/h3*1-2H2;(H6,1,2,3,4);1H2. The maximum Gasteiger partial charge on any atom is 0.271 e. The van der Waals surface area contributed by atoms with E-state index in [2.05, 4.69) is 56.0 Å². The maximum absolute atomic E-state index is 9.55. The molecule has 0 heterocycles. The highest BCUT2D eigenvalue weighted by atomic mass is 32.1. The van der Waals surface area contributed by atoms with Gasteiger partial charge in [-0.1, -0.05) is 0 Å². The molecular weight excluding hydrogens is 193 g/mol. The molecule has 76 valence electrons. The van der Waals surface area contributed by atoms with Gasteiger partial charge in [0.05, 0.1) is 0 Å². The zero-order chi connectivity index (χ0) is 10.5. The largest absolute Gasteiger partial charge is 0.272 e. The molecule has 0 aliphatic rings. The molecule has 0 radical (unpaired) electrons. The smallest absolute Gasteiger partial charge is 0.271 e. The Hall–Kier alpha value is -0.320. The van der Waals surface area contributed by atoms with Crippen molar-refractivity contribution in [3.63, 3.8) is 0 Å². The highest BCUT2D eigenvalue weighted by Gasteiger charge is 1.90. The van der Waals surface area contributed by atoms with Crippen LogP contribution in [0.3, 0.4) is 0 Å². The van der Waals surface area contributed by atoms with Crippen molar-refractivity contribution in [1.29, 1.82) is 0 Å². The van der Waals surface area contributed by atoms with E-state index in [1.54, 1.807) is 0 Å². The molecule has 6 N–H and O–H groups in total. The van der Waals surface area contributed by atoms with E-state index < -0.39 is 7.59 Å². The molecule has 0 aliphatic heterocycles. The molecule has 0 saturated heterocycles. The van der Waals surface area contributed by atoms with Gasteiger partial charge in [0.1, 0.15) is 0 Å². The lowest BCUT2D eigenvalue weighted by Crippen LogP contribution is -2.12. The first kappa shape index (κ1) is 29.9. The van der Waals surface area contributed by atoms with Crippen molar-refractivity contribution < 1.29 is 4.57 Å². The van der Waals surface area contributed by atoms with Gasteiger partial charge in [-0.3, -0.25) is 21.1 Å².